The van der Waals surface area contributed by atoms with Crippen LogP contribution in [0, 0.1) is 11.6 Å². The average molecular weight is 385 g/mol. The molecule has 0 spiro atoms. The van der Waals surface area contributed by atoms with Crippen LogP contribution in [0.15, 0.2) is 41.0 Å². The first kappa shape index (κ1) is 17.3. The van der Waals surface area contributed by atoms with Crippen molar-refractivity contribution in [2.75, 3.05) is 6.61 Å². The normalized spacial score (nSPS) is 11.2. The van der Waals surface area contributed by atoms with Crippen LogP contribution in [0.4, 0.5) is 8.78 Å². The minimum Gasteiger partial charge on any atom is -0.474 e. The Bertz CT molecular complexity index is 703. The quantitative estimate of drug-likeness (QED) is 0.854. The van der Waals surface area contributed by atoms with Gasteiger partial charge in [-0.05, 0) is 54.0 Å². The monoisotopic (exact) mass is 384 g/mol. The van der Waals surface area contributed by atoms with Crippen LogP contribution in [0.5, 0.6) is 5.88 Å². The first-order chi connectivity index (χ1) is 10.8. The highest BCUT2D eigenvalue weighted by Gasteiger charge is 2.26. The Kier molecular flexibility index (Phi) is 5.30. The van der Waals surface area contributed by atoms with Gasteiger partial charge in [0.1, 0.15) is 23.8 Å². The number of hydrogen-bond donors (Lipinski definition) is 1. The zero-order chi connectivity index (χ0) is 17.0. The molecular formula is C16H15BrF2N2O2. The molecule has 0 saturated heterocycles. The molecule has 7 heteroatoms. The summed E-state index contributed by atoms with van der Waals surface area (Å²) < 4.78 is 33.5. The van der Waals surface area contributed by atoms with Gasteiger partial charge in [0.25, 0.3) is 5.91 Å². The van der Waals surface area contributed by atoms with E-state index >= 15 is 0 Å². The smallest absolute Gasteiger partial charge is 0.257 e. The number of carbonyl (C=O) groups excluding carboxylic acids is 1. The predicted molar refractivity (Wildman–Crippen MR) is 85.3 cm³/mol. The molecule has 1 aromatic carbocycles. The molecule has 2 aromatic rings. The van der Waals surface area contributed by atoms with Crippen molar-refractivity contribution in [1.29, 1.82) is 0 Å². The molecule has 0 aliphatic rings. The summed E-state index contributed by atoms with van der Waals surface area (Å²) in [6, 6.07) is 6.78. The van der Waals surface area contributed by atoms with Gasteiger partial charge < -0.3 is 10.1 Å². The van der Waals surface area contributed by atoms with Crippen LogP contribution >= 0.6 is 15.9 Å². The number of pyridine rings is 1. The number of nitrogens with zero attached hydrogens (tertiary/aromatic N) is 1. The van der Waals surface area contributed by atoms with E-state index in [4.69, 9.17) is 4.74 Å². The zero-order valence-corrected chi connectivity index (χ0v) is 14.2. The molecule has 1 heterocycles. The predicted octanol–water partition coefficient (Wildman–Crippen LogP) is 3.71. The van der Waals surface area contributed by atoms with Crippen LogP contribution in [-0.2, 0) is 0 Å². The Labute approximate surface area is 141 Å². The van der Waals surface area contributed by atoms with Crippen molar-refractivity contribution in [3.63, 3.8) is 0 Å². The molecule has 2 rings (SSSR count). The summed E-state index contributed by atoms with van der Waals surface area (Å²) in [5.41, 5.74) is -1.47. The highest BCUT2D eigenvalue weighted by atomic mass is 79.9. The Hall–Kier alpha value is -2.02. The van der Waals surface area contributed by atoms with E-state index in [1.807, 2.05) is 0 Å². The molecular weight excluding hydrogens is 370 g/mol. The van der Waals surface area contributed by atoms with Gasteiger partial charge in [0.05, 0.1) is 10.0 Å². The number of carbonyl (C=O) groups is 1. The van der Waals surface area contributed by atoms with Crippen LogP contribution in [0.3, 0.4) is 0 Å². The summed E-state index contributed by atoms with van der Waals surface area (Å²) in [4.78, 5) is 16.2. The molecule has 0 fully saturated rings. The van der Waals surface area contributed by atoms with E-state index in [1.165, 1.54) is 6.07 Å². The molecule has 1 N–H and O–H groups in total. The summed E-state index contributed by atoms with van der Waals surface area (Å²) in [5.74, 6) is -2.29. The number of hydrogen-bond acceptors (Lipinski definition) is 3. The second-order valence-corrected chi connectivity index (χ2v) is 6.37. The highest BCUT2D eigenvalue weighted by molar-refractivity contribution is 9.10. The number of nitrogens with one attached hydrogen (secondary N) is 1. The van der Waals surface area contributed by atoms with Gasteiger partial charge in [-0.25, -0.2) is 13.8 Å². The minimum absolute atomic E-state index is 0.0738. The summed E-state index contributed by atoms with van der Waals surface area (Å²) in [6.07, 6.45) is 1.57. The van der Waals surface area contributed by atoms with Gasteiger partial charge in [-0.15, -0.1) is 0 Å². The van der Waals surface area contributed by atoms with Gasteiger partial charge in [0.15, 0.2) is 0 Å². The van der Waals surface area contributed by atoms with Gasteiger partial charge in [-0.3, -0.25) is 4.79 Å². The second-order valence-electron chi connectivity index (χ2n) is 5.51. The molecule has 1 amide bonds. The second kappa shape index (κ2) is 7.04. The van der Waals surface area contributed by atoms with E-state index in [0.717, 1.165) is 12.1 Å². The van der Waals surface area contributed by atoms with Crippen molar-refractivity contribution in [2.24, 2.45) is 0 Å². The lowest BCUT2D eigenvalue weighted by Crippen LogP contribution is -2.48. The van der Waals surface area contributed by atoms with Crippen LogP contribution in [0.1, 0.15) is 24.2 Å². The van der Waals surface area contributed by atoms with Gasteiger partial charge in [-0.1, -0.05) is 6.07 Å². The molecule has 122 valence electrons. The maximum absolute atomic E-state index is 13.6. The number of halogens is 3. The topological polar surface area (TPSA) is 51.2 Å². The number of amides is 1. The maximum Gasteiger partial charge on any atom is 0.257 e. The highest BCUT2D eigenvalue weighted by Crippen LogP contribution is 2.22. The van der Waals surface area contributed by atoms with E-state index < -0.39 is 28.6 Å². The van der Waals surface area contributed by atoms with Gasteiger partial charge in [0, 0.05) is 6.20 Å². The fraction of sp³-hybridized carbons (Fsp3) is 0.250. The lowest BCUT2D eigenvalue weighted by atomic mass is 10.1. The van der Waals surface area contributed by atoms with Gasteiger partial charge in [-0.2, -0.15) is 0 Å². The molecule has 4 nitrogen and oxygen atoms in total. The average Bonchev–Trinajstić information content (AvgIpc) is 2.45. The molecule has 0 aliphatic heterocycles. The van der Waals surface area contributed by atoms with Crippen molar-refractivity contribution in [1.82, 2.24) is 10.3 Å². The van der Waals surface area contributed by atoms with Crippen molar-refractivity contribution in [3.8, 4) is 5.88 Å². The fourth-order valence-corrected chi connectivity index (χ4v) is 2.22. The van der Waals surface area contributed by atoms with Gasteiger partial charge in [0.2, 0.25) is 5.88 Å². The van der Waals surface area contributed by atoms with E-state index in [0.29, 0.717) is 10.4 Å². The molecule has 0 saturated carbocycles. The van der Waals surface area contributed by atoms with E-state index in [-0.39, 0.29) is 6.61 Å². The molecule has 0 radical (unpaired) electrons. The summed E-state index contributed by atoms with van der Waals surface area (Å²) in [7, 11) is 0. The SMILES string of the molecule is CC(C)(COc1ncccc1Br)NC(=O)c1c(F)cccc1F. The van der Waals surface area contributed by atoms with Crippen molar-refractivity contribution >= 4 is 21.8 Å². The van der Waals surface area contributed by atoms with Crippen LogP contribution in [0.25, 0.3) is 0 Å². The van der Waals surface area contributed by atoms with E-state index in [9.17, 15) is 13.6 Å². The third-order valence-electron chi connectivity index (χ3n) is 2.94. The van der Waals surface area contributed by atoms with Crippen molar-refractivity contribution in [3.05, 3.63) is 58.2 Å². The van der Waals surface area contributed by atoms with Crippen molar-refractivity contribution < 1.29 is 18.3 Å². The van der Waals surface area contributed by atoms with Crippen molar-refractivity contribution in [2.45, 2.75) is 19.4 Å². The molecule has 0 unspecified atom stereocenters. The zero-order valence-electron chi connectivity index (χ0n) is 12.6. The first-order valence-electron chi connectivity index (χ1n) is 6.80. The number of ether oxygens (including phenoxy) is 1. The molecule has 1 aromatic heterocycles. The largest absolute Gasteiger partial charge is 0.474 e. The third kappa shape index (κ3) is 4.48. The molecule has 0 bridgehead atoms. The molecule has 0 aliphatic carbocycles. The first-order valence-corrected chi connectivity index (χ1v) is 7.59. The summed E-state index contributed by atoms with van der Waals surface area (Å²) in [5, 5.41) is 2.56. The van der Waals surface area contributed by atoms with Crippen LogP contribution in [-0.4, -0.2) is 23.0 Å². The van der Waals surface area contributed by atoms with E-state index in [1.54, 1.807) is 32.2 Å². The number of rotatable bonds is 5. The lowest BCUT2D eigenvalue weighted by molar-refractivity contribution is 0.0870. The summed E-state index contributed by atoms with van der Waals surface area (Å²) in [6.45, 7) is 3.44. The third-order valence-corrected chi connectivity index (χ3v) is 3.54. The fourth-order valence-electron chi connectivity index (χ4n) is 1.85. The van der Waals surface area contributed by atoms with E-state index in [2.05, 4.69) is 26.2 Å². The minimum atomic E-state index is -0.910. The standard InChI is InChI=1S/C16H15BrF2N2O2/c1-16(2,9-23-15-10(17)5-4-8-20-15)21-14(22)13-11(18)6-3-7-12(13)19/h3-8H,9H2,1-2H3,(H,21,22). The van der Waals surface area contributed by atoms with Crippen LogP contribution in [0.2, 0.25) is 0 Å². The molecule has 23 heavy (non-hydrogen) atoms. The number of benzene rings is 1. The Balaban J connectivity index is 2.06. The summed E-state index contributed by atoms with van der Waals surface area (Å²) >= 11 is 3.30. The van der Waals surface area contributed by atoms with Crippen LogP contribution < -0.4 is 10.1 Å². The Morgan fingerprint density at radius 1 is 1.26 bits per heavy atom. The lowest BCUT2D eigenvalue weighted by Gasteiger charge is -2.26. The number of aromatic nitrogens is 1. The maximum atomic E-state index is 13.6. The Morgan fingerprint density at radius 3 is 2.52 bits per heavy atom. The molecule has 0 atom stereocenters. The van der Waals surface area contributed by atoms with Gasteiger partial charge >= 0.3 is 0 Å². The Morgan fingerprint density at radius 2 is 1.91 bits per heavy atom.